The van der Waals surface area contributed by atoms with Gasteiger partial charge in [-0.25, -0.2) is 4.79 Å². The van der Waals surface area contributed by atoms with Gasteiger partial charge in [-0.2, -0.15) is 13.2 Å². The zero-order valence-electron chi connectivity index (χ0n) is 25.1. The molecule has 5 rings (SSSR count). The largest absolute Gasteiger partial charge is 0.488 e. The van der Waals surface area contributed by atoms with Gasteiger partial charge in [-0.05, 0) is 62.0 Å². The molecule has 13 heteroatoms. The third-order valence-corrected chi connectivity index (χ3v) is 7.78. The van der Waals surface area contributed by atoms with Gasteiger partial charge in [0.05, 0.1) is 23.8 Å². The van der Waals surface area contributed by atoms with Crippen LogP contribution in [0, 0.1) is 5.92 Å². The number of alkyl halides is 3. The number of aliphatic hydroxyl groups is 1. The zero-order chi connectivity index (χ0) is 32.3. The highest BCUT2D eigenvalue weighted by Crippen LogP contribution is 2.35. The highest BCUT2D eigenvalue weighted by Gasteiger charge is 2.34. The lowest BCUT2D eigenvalue weighted by Gasteiger charge is -2.38. The van der Waals surface area contributed by atoms with Gasteiger partial charge in [0.2, 0.25) is 6.79 Å². The molecule has 2 aliphatic rings. The smallest absolute Gasteiger partial charge is 0.416 e. The predicted molar refractivity (Wildman–Crippen MR) is 161 cm³/mol. The molecule has 2 aliphatic heterocycles. The highest BCUT2D eigenvalue weighted by molar-refractivity contribution is 6.02. The summed E-state index contributed by atoms with van der Waals surface area (Å²) in [6.45, 7) is 4.65. The molecule has 0 spiro atoms. The minimum Gasteiger partial charge on any atom is -0.488 e. The number of rotatable bonds is 8. The van der Waals surface area contributed by atoms with E-state index in [2.05, 4.69) is 10.6 Å². The number of nitrogens with zero attached hydrogens (tertiary/aromatic N) is 2. The lowest BCUT2D eigenvalue weighted by atomic mass is 9.99. The Bertz CT molecular complexity index is 1530. The van der Waals surface area contributed by atoms with Crippen LogP contribution < -0.4 is 24.8 Å². The van der Waals surface area contributed by atoms with Crippen molar-refractivity contribution < 1.29 is 42.1 Å². The molecule has 0 radical (unpaired) electrons. The second-order valence-corrected chi connectivity index (χ2v) is 11.4. The van der Waals surface area contributed by atoms with Crippen LogP contribution in [0.5, 0.6) is 17.2 Å². The molecule has 0 aliphatic carbocycles. The molecule has 3 aromatic carbocycles. The van der Waals surface area contributed by atoms with Crippen LogP contribution in [0.4, 0.5) is 29.3 Å². The number of amides is 3. The molecule has 0 fully saturated rings. The molecule has 3 aromatic rings. The van der Waals surface area contributed by atoms with Crippen molar-refractivity contribution in [2.45, 2.75) is 38.7 Å². The summed E-state index contributed by atoms with van der Waals surface area (Å²) in [5.74, 6) is 0.910. The van der Waals surface area contributed by atoms with Crippen LogP contribution in [0.25, 0.3) is 0 Å². The molecule has 10 nitrogen and oxygen atoms in total. The first kappa shape index (κ1) is 31.9. The second kappa shape index (κ2) is 13.2. The molecule has 45 heavy (non-hydrogen) atoms. The second-order valence-electron chi connectivity index (χ2n) is 11.4. The van der Waals surface area contributed by atoms with Crippen molar-refractivity contribution in [3.05, 3.63) is 77.4 Å². The number of hydrogen-bond acceptors (Lipinski definition) is 7. The molecule has 3 amide bonds. The Kier molecular flexibility index (Phi) is 9.40. The Morgan fingerprint density at radius 1 is 1.02 bits per heavy atom. The summed E-state index contributed by atoms with van der Waals surface area (Å²) in [5.41, 5.74) is 1.07. The number of benzene rings is 3. The number of fused-ring (bicyclic) bond motifs is 2. The summed E-state index contributed by atoms with van der Waals surface area (Å²) in [5, 5.41) is 15.4. The number of urea groups is 1. The van der Waals surface area contributed by atoms with E-state index in [9.17, 15) is 27.9 Å². The first-order valence-corrected chi connectivity index (χ1v) is 14.5. The summed E-state index contributed by atoms with van der Waals surface area (Å²) in [6.07, 6.45) is -4.81. The van der Waals surface area contributed by atoms with Gasteiger partial charge in [0, 0.05) is 43.0 Å². The van der Waals surface area contributed by atoms with Gasteiger partial charge in [0.25, 0.3) is 5.91 Å². The summed E-state index contributed by atoms with van der Waals surface area (Å²) < 4.78 is 56.0. The quantitative estimate of drug-likeness (QED) is 0.305. The number of nitrogens with one attached hydrogen (secondary N) is 2. The van der Waals surface area contributed by atoms with Gasteiger partial charge in [-0.3, -0.25) is 9.69 Å². The van der Waals surface area contributed by atoms with Crippen molar-refractivity contribution in [1.82, 2.24) is 9.80 Å². The van der Waals surface area contributed by atoms with Gasteiger partial charge >= 0.3 is 12.2 Å². The summed E-state index contributed by atoms with van der Waals surface area (Å²) in [6, 6.07) is 13.8. The van der Waals surface area contributed by atoms with E-state index in [1.807, 2.05) is 18.9 Å². The van der Waals surface area contributed by atoms with Crippen molar-refractivity contribution in [3.63, 3.8) is 0 Å². The van der Waals surface area contributed by atoms with E-state index in [1.165, 1.54) is 18.2 Å². The van der Waals surface area contributed by atoms with Crippen molar-refractivity contribution in [3.8, 4) is 17.2 Å². The fourth-order valence-corrected chi connectivity index (χ4v) is 5.27. The van der Waals surface area contributed by atoms with Gasteiger partial charge in [-0.1, -0.05) is 19.1 Å². The molecule has 2 heterocycles. The molecule has 3 N–H and O–H groups in total. The van der Waals surface area contributed by atoms with Crippen LogP contribution in [0.1, 0.15) is 35.3 Å². The van der Waals surface area contributed by atoms with E-state index in [4.69, 9.17) is 14.2 Å². The topological polar surface area (TPSA) is 113 Å². The SMILES string of the molecule is C[C@@H]1CN([C@@H](C)CO)C(=O)c2cc(NC(=O)Nc3ccc4c(c3)OCO4)ccc2O[C@@H]1CN(C)Cc1ccc(C(F)(F)F)cc1. The third kappa shape index (κ3) is 7.60. The number of anilines is 2. The van der Waals surface area contributed by atoms with Gasteiger partial charge in [0.1, 0.15) is 11.9 Å². The Morgan fingerprint density at radius 2 is 1.67 bits per heavy atom. The van der Waals surface area contributed by atoms with Crippen LogP contribution in [-0.2, 0) is 12.7 Å². The lowest BCUT2D eigenvalue weighted by Crippen LogP contribution is -2.49. The van der Waals surface area contributed by atoms with Crippen molar-refractivity contribution in [2.24, 2.45) is 5.92 Å². The van der Waals surface area contributed by atoms with Crippen LogP contribution >= 0.6 is 0 Å². The molecule has 0 bridgehead atoms. The first-order valence-electron chi connectivity index (χ1n) is 14.5. The molecule has 3 atom stereocenters. The number of likely N-dealkylation sites (N-methyl/N-ethyl adjacent to an activating group) is 1. The van der Waals surface area contributed by atoms with Gasteiger partial charge < -0.3 is 34.9 Å². The Hall–Kier alpha value is -4.49. The number of hydrogen-bond donors (Lipinski definition) is 3. The normalized spacial score (nSPS) is 18.5. The van der Waals surface area contributed by atoms with Crippen LogP contribution in [-0.4, -0.2) is 72.5 Å². The Morgan fingerprint density at radius 3 is 2.33 bits per heavy atom. The lowest BCUT2D eigenvalue weighted by molar-refractivity contribution is -0.137. The molecular formula is C32H35F3N4O6. The van der Waals surface area contributed by atoms with E-state index in [0.717, 1.165) is 12.1 Å². The maximum atomic E-state index is 13.7. The fraction of sp³-hybridized carbons (Fsp3) is 0.375. The number of carbonyl (C=O) groups is 2. The number of ether oxygens (including phenoxy) is 3. The first-order chi connectivity index (χ1) is 21.4. The van der Waals surface area contributed by atoms with E-state index in [-0.39, 0.29) is 30.8 Å². The van der Waals surface area contributed by atoms with E-state index < -0.39 is 29.9 Å². The van der Waals surface area contributed by atoms with E-state index in [1.54, 1.807) is 42.2 Å². The maximum absolute atomic E-state index is 13.7. The standard InChI is InChI=1S/C32H35F3N4O6/c1-19-14-39(20(2)17-40)30(41)25-12-23(36-31(42)37-24-9-11-27-28(13-24)44-18-43-27)8-10-26(25)45-29(19)16-38(3)15-21-4-6-22(7-5-21)32(33,34)35/h4-13,19-20,29,40H,14-18H2,1-3H3,(H2,36,37,42)/t19-,20+,29-/m1/s1. The third-order valence-electron chi connectivity index (χ3n) is 7.78. The average molecular weight is 629 g/mol. The number of carbonyl (C=O) groups excluding carboxylic acids is 2. The summed E-state index contributed by atoms with van der Waals surface area (Å²) in [4.78, 5) is 30.1. The van der Waals surface area contributed by atoms with Crippen molar-refractivity contribution >= 4 is 23.3 Å². The Balaban J connectivity index is 1.32. The van der Waals surface area contributed by atoms with Crippen LogP contribution in [0.3, 0.4) is 0 Å². The number of aliphatic hydroxyl groups excluding tert-OH is 1. The average Bonchev–Trinajstić information content (AvgIpc) is 3.46. The predicted octanol–water partition coefficient (Wildman–Crippen LogP) is 5.43. The molecule has 240 valence electrons. The minimum atomic E-state index is -4.40. The van der Waals surface area contributed by atoms with E-state index in [0.29, 0.717) is 53.8 Å². The van der Waals surface area contributed by atoms with E-state index >= 15 is 0 Å². The monoisotopic (exact) mass is 628 g/mol. The number of halogens is 3. The van der Waals surface area contributed by atoms with Crippen LogP contribution in [0.15, 0.2) is 60.7 Å². The van der Waals surface area contributed by atoms with Crippen LogP contribution in [0.2, 0.25) is 0 Å². The van der Waals surface area contributed by atoms with Gasteiger partial charge in [-0.15, -0.1) is 0 Å². The fourth-order valence-electron chi connectivity index (χ4n) is 5.27. The molecule has 0 aromatic heterocycles. The molecule has 0 unspecified atom stereocenters. The van der Waals surface area contributed by atoms with Crippen molar-refractivity contribution in [2.75, 3.05) is 44.2 Å². The highest BCUT2D eigenvalue weighted by atomic mass is 19.4. The molecule has 0 saturated carbocycles. The zero-order valence-corrected chi connectivity index (χ0v) is 25.1. The Labute approximate surface area is 258 Å². The molecular weight excluding hydrogens is 593 g/mol. The van der Waals surface area contributed by atoms with Gasteiger partial charge in [0.15, 0.2) is 11.5 Å². The summed E-state index contributed by atoms with van der Waals surface area (Å²) in [7, 11) is 1.85. The van der Waals surface area contributed by atoms with Crippen molar-refractivity contribution in [1.29, 1.82) is 0 Å². The maximum Gasteiger partial charge on any atom is 0.416 e. The molecule has 0 saturated heterocycles. The summed E-state index contributed by atoms with van der Waals surface area (Å²) >= 11 is 0. The minimum absolute atomic E-state index is 0.108.